The van der Waals surface area contributed by atoms with Crippen molar-refractivity contribution in [3.63, 3.8) is 0 Å². The molecule has 2 aromatic rings. The maximum Gasteiger partial charge on any atom is 0.258 e. The standard InChI is InChI=1S/C15H12FNO2/c16-13-3-1-2-4-14(13)17-8-7-10-9-11(18)5-6-12(10)15(17)19/h1-6,9,18H,7-8H2. The number of rotatable bonds is 1. The van der Waals surface area contributed by atoms with E-state index in [9.17, 15) is 14.3 Å². The largest absolute Gasteiger partial charge is 0.508 e. The van der Waals surface area contributed by atoms with Crippen LogP contribution in [0.1, 0.15) is 15.9 Å². The molecular formula is C15H12FNO2. The number of hydrogen-bond donors (Lipinski definition) is 1. The lowest BCUT2D eigenvalue weighted by Gasteiger charge is -2.28. The Morgan fingerprint density at radius 2 is 1.95 bits per heavy atom. The first-order valence-corrected chi connectivity index (χ1v) is 6.05. The van der Waals surface area contributed by atoms with Crippen molar-refractivity contribution in [1.82, 2.24) is 0 Å². The zero-order valence-corrected chi connectivity index (χ0v) is 10.1. The second-order valence-electron chi connectivity index (χ2n) is 4.50. The van der Waals surface area contributed by atoms with Crippen molar-refractivity contribution in [3.05, 3.63) is 59.4 Å². The molecule has 0 unspecified atom stereocenters. The van der Waals surface area contributed by atoms with Crippen LogP contribution in [0.5, 0.6) is 5.75 Å². The predicted octanol–water partition coefficient (Wildman–Crippen LogP) is 2.73. The van der Waals surface area contributed by atoms with Crippen LogP contribution < -0.4 is 4.90 Å². The Balaban J connectivity index is 2.03. The minimum atomic E-state index is -0.405. The van der Waals surface area contributed by atoms with Crippen LogP contribution in [0.2, 0.25) is 0 Å². The van der Waals surface area contributed by atoms with Crippen molar-refractivity contribution < 1.29 is 14.3 Å². The summed E-state index contributed by atoms with van der Waals surface area (Å²) in [4.78, 5) is 13.8. The normalized spacial score (nSPS) is 14.4. The Morgan fingerprint density at radius 1 is 1.16 bits per heavy atom. The fourth-order valence-electron chi connectivity index (χ4n) is 2.38. The lowest BCUT2D eigenvalue weighted by atomic mass is 9.98. The van der Waals surface area contributed by atoms with Crippen LogP contribution in [0.25, 0.3) is 0 Å². The Labute approximate surface area is 109 Å². The van der Waals surface area contributed by atoms with E-state index in [2.05, 4.69) is 0 Å². The number of fused-ring (bicyclic) bond motifs is 1. The number of aromatic hydroxyl groups is 1. The van der Waals surface area contributed by atoms with E-state index in [-0.39, 0.29) is 11.7 Å². The number of benzene rings is 2. The van der Waals surface area contributed by atoms with Gasteiger partial charge in [-0.3, -0.25) is 4.79 Å². The van der Waals surface area contributed by atoms with Crippen LogP contribution >= 0.6 is 0 Å². The molecule has 0 spiro atoms. The van der Waals surface area contributed by atoms with Crippen LogP contribution in [0.4, 0.5) is 10.1 Å². The molecular weight excluding hydrogens is 245 g/mol. The zero-order valence-electron chi connectivity index (χ0n) is 10.1. The lowest BCUT2D eigenvalue weighted by Crippen LogP contribution is -2.38. The molecule has 0 radical (unpaired) electrons. The number of anilines is 1. The molecule has 1 heterocycles. The molecule has 1 N–H and O–H groups in total. The highest BCUT2D eigenvalue weighted by molar-refractivity contribution is 6.08. The van der Waals surface area contributed by atoms with Gasteiger partial charge in [0.1, 0.15) is 11.6 Å². The molecule has 3 nitrogen and oxygen atoms in total. The lowest BCUT2D eigenvalue weighted by molar-refractivity contribution is 0.0979. The van der Waals surface area contributed by atoms with Gasteiger partial charge in [-0.25, -0.2) is 4.39 Å². The van der Waals surface area contributed by atoms with Crippen LogP contribution in [-0.2, 0) is 6.42 Å². The number of halogens is 1. The highest BCUT2D eigenvalue weighted by Crippen LogP contribution is 2.28. The minimum absolute atomic E-state index is 0.144. The van der Waals surface area contributed by atoms with Crippen molar-refractivity contribution >= 4 is 11.6 Å². The Hall–Kier alpha value is -2.36. The van der Waals surface area contributed by atoms with Crippen molar-refractivity contribution in [2.75, 3.05) is 11.4 Å². The first kappa shape index (κ1) is 11.7. The van der Waals surface area contributed by atoms with Gasteiger partial charge in [-0.15, -0.1) is 0 Å². The molecule has 0 aliphatic carbocycles. The molecule has 1 aliphatic rings. The SMILES string of the molecule is O=C1c2ccc(O)cc2CCN1c1ccccc1F. The number of para-hydroxylation sites is 1. The number of carbonyl (C=O) groups excluding carboxylic acids is 1. The summed E-state index contributed by atoms with van der Waals surface area (Å²) >= 11 is 0. The third-order valence-corrected chi connectivity index (χ3v) is 3.31. The van der Waals surface area contributed by atoms with Gasteiger partial charge >= 0.3 is 0 Å². The summed E-state index contributed by atoms with van der Waals surface area (Å²) in [7, 11) is 0. The average molecular weight is 257 g/mol. The van der Waals surface area contributed by atoms with Crippen molar-refractivity contribution in [3.8, 4) is 5.75 Å². The number of hydrogen-bond acceptors (Lipinski definition) is 2. The maximum atomic E-state index is 13.8. The molecule has 0 aromatic heterocycles. The van der Waals surface area contributed by atoms with Gasteiger partial charge in [0.2, 0.25) is 0 Å². The molecule has 96 valence electrons. The van der Waals surface area contributed by atoms with Gasteiger partial charge in [0.25, 0.3) is 5.91 Å². The first-order valence-electron chi connectivity index (χ1n) is 6.05. The highest BCUT2D eigenvalue weighted by Gasteiger charge is 2.27. The topological polar surface area (TPSA) is 40.5 Å². The summed E-state index contributed by atoms with van der Waals surface area (Å²) in [5.74, 6) is -0.490. The number of phenols is 1. The minimum Gasteiger partial charge on any atom is -0.508 e. The highest BCUT2D eigenvalue weighted by atomic mass is 19.1. The van der Waals surface area contributed by atoms with Crippen LogP contribution in [0.3, 0.4) is 0 Å². The van der Waals surface area contributed by atoms with Crippen LogP contribution in [0.15, 0.2) is 42.5 Å². The molecule has 0 bridgehead atoms. The van der Waals surface area contributed by atoms with E-state index >= 15 is 0 Å². The summed E-state index contributed by atoms with van der Waals surface area (Å²) in [6, 6.07) is 10.9. The van der Waals surface area contributed by atoms with Crippen LogP contribution in [-0.4, -0.2) is 17.6 Å². The molecule has 0 fully saturated rings. The summed E-state index contributed by atoms with van der Waals surface area (Å²) < 4.78 is 13.8. The molecule has 19 heavy (non-hydrogen) atoms. The molecule has 1 amide bonds. The smallest absolute Gasteiger partial charge is 0.258 e. The van der Waals surface area contributed by atoms with E-state index in [0.29, 0.717) is 24.2 Å². The van der Waals surface area contributed by atoms with Crippen molar-refractivity contribution in [2.24, 2.45) is 0 Å². The van der Waals surface area contributed by atoms with Gasteiger partial charge in [0.05, 0.1) is 5.69 Å². The monoisotopic (exact) mass is 257 g/mol. The van der Waals surface area contributed by atoms with Gasteiger partial charge in [0, 0.05) is 12.1 Å². The molecule has 4 heteroatoms. The summed E-state index contributed by atoms with van der Waals surface area (Å²) in [6.45, 7) is 0.413. The summed E-state index contributed by atoms with van der Waals surface area (Å²) in [6.07, 6.45) is 0.601. The van der Waals surface area contributed by atoms with Gasteiger partial charge in [-0.1, -0.05) is 12.1 Å². The second-order valence-corrected chi connectivity index (χ2v) is 4.50. The molecule has 2 aromatic carbocycles. The number of nitrogens with zero attached hydrogens (tertiary/aromatic N) is 1. The average Bonchev–Trinajstić information content (AvgIpc) is 2.40. The molecule has 1 aliphatic heterocycles. The van der Waals surface area contributed by atoms with Gasteiger partial charge in [0.15, 0.2) is 0 Å². The van der Waals surface area contributed by atoms with E-state index in [1.165, 1.54) is 17.0 Å². The fourth-order valence-corrected chi connectivity index (χ4v) is 2.38. The maximum absolute atomic E-state index is 13.8. The number of carbonyl (C=O) groups is 1. The van der Waals surface area contributed by atoms with E-state index in [0.717, 1.165) is 5.56 Å². The summed E-state index contributed by atoms with van der Waals surface area (Å²) in [5, 5.41) is 9.42. The van der Waals surface area contributed by atoms with Crippen molar-refractivity contribution in [1.29, 1.82) is 0 Å². The Morgan fingerprint density at radius 3 is 2.74 bits per heavy atom. The van der Waals surface area contributed by atoms with E-state index in [1.807, 2.05) is 0 Å². The summed E-state index contributed by atoms with van der Waals surface area (Å²) in [5.41, 5.74) is 1.62. The Kier molecular flexibility index (Phi) is 2.71. The van der Waals surface area contributed by atoms with E-state index < -0.39 is 5.82 Å². The molecule has 0 atom stereocenters. The van der Waals surface area contributed by atoms with Gasteiger partial charge in [-0.2, -0.15) is 0 Å². The van der Waals surface area contributed by atoms with E-state index in [1.54, 1.807) is 30.3 Å². The van der Waals surface area contributed by atoms with Crippen LogP contribution in [0, 0.1) is 5.82 Å². The fraction of sp³-hybridized carbons (Fsp3) is 0.133. The zero-order chi connectivity index (χ0) is 13.4. The van der Waals surface area contributed by atoms with E-state index in [4.69, 9.17) is 0 Å². The number of phenolic OH excluding ortho intramolecular Hbond substituents is 1. The predicted molar refractivity (Wildman–Crippen MR) is 69.9 cm³/mol. The van der Waals surface area contributed by atoms with Gasteiger partial charge in [-0.05, 0) is 42.3 Å². The first-order chi connectivity index (χ1) is 9.16. The second kappa shape index (κ2) is 4.39. The molecule has 0 saturated carbocycles. The quantitative estimate of drug-likeness (QED) is 0.853. The third-order valence-electron chi connectivity index (χ3n) is 3.31. The Bertz CT molecular complexity index is 654. The number of amides is 1. The van der Waals surface area contributed by atoms with Gasteiger partial charge < -0.3 is 10.0 Å². The van der Waals surface area contributed by atoms with Crippen molar-refractivity contribution in [2.45, 2.75) is 6.42 Å². The third kappa shape index (κ3) is 1.95. The molecule has 0 saturated heterocycles. The molecule has 3 rings (SSSR count).